The number of nitrogens with two attached hydrogens (primary N) is 1. The topological polar surface area (TPSA) is 29.3 Å². The van der Waals surface area contributed by atoms with Gasteiger partial charge in [-0.25, -0.2) is 4.39 Å². The number of rotatable bonds is 5. The van der Waals surface area contributed by atoms with Crippen LogP contribution in [-0.4, -0.2) is 13.1 Å². The van der Waals surface area contributed by atoms with Gasteiger partial charge in [-0.15, -0.1) is 0 Å². The van der Waals surface area contributed by atoms with E-state index in [0.717, 1.165) is 12.2 Å². The first-order chi connectivity index (χ1) is 9.27. The van der Waals surface area contributed by atoms with E-state index in [0.29, 0.717) is 12.1 Å². The Labute approximate surface area is 113 Å². The van der Waals surface area contributed by atoms with E-state index < -0.39 is 0 Å². The van der Waals surface area contributed by atoms with Crippen molar-refractivity contribution in [3.8, 4) is 0 Å². The quantitative estimate of drug-likeness (QED) is 0.891. The third-order valence-electron chi connectivity index (χ3n) is 3.29. The number of anilines is 1. The lowest BCUT2D eigenvalue weighted by Crippen LogP contribution is -2.34. The van der Waals surface area contributed by atoms with Gasteiger partial charge in [-0.3, -0.25) is 0 Å². The molecule has 0 aliphatic rings. The van der Waals surface area contributed by atoms with Gasteiger partial charge < -0.3 is 10.6 Å². The molecule has 1 unspecified atom stereocenters. The van der Waals surface area contributed by atoms with Gasteiger partial charge in [0.15, 0.2) is 0 Å². The molecular weight excluding hydrogens is 239 g/mol. The van der Waals surface area contributed by atoms with Crippen molar-refractivity contribution < 1.29 is 4.39 Å². The first kappa shape index (κ1) is 13.6. The van der Waals surface area contributed by atoms with Crippen LogP contribution in [0.1, 0.15) is 18.5 Å². The van der Waals surface area contributed by atoms with Gasteiger partial charge in [0.1, 0.15) is 5.82 Å². The standard InChI is InChI=1S/C16H19FN2/c1-2-19(13-8-4-3-5-9-13)16(12-18)14-10-6-7-11-15(14)17/h3-11,16H,2,12,18H2,1H3. The van der Waals surface area contributed by atoms with E-state index in [1.165, 1.54) is 6.07 Å². The molecule has 0 aliphatic carbocycles. The average molecular weight is 258 g/mol. The van der Waals surface area contributed by atoms with Crippen molar-refractivity contribution in [2.45, 2.75) is 13.0 Å². The fraction of sp³-hybridized carbons (Fsp3) is 0.250. The largest absolute Gasteiger partial charge is 0.363 e. The Morgan fingerprint density at radius 1 is 1.05 bits per heavy atom. The monoisotopic (exact) mass is 258 g/mol. The molecule has 0 bridgehead atoms. The summed E-state index contributed by atoms with van der Waals surface area (Å²) in [6.45, 7) is 3.21. The summed E-state index contributed by atoms with van der Waals surface area (Å²) in [6.07, 6.45) is 0. The van der Waals surface area contributed by atoms with Gasteiger partial charge in [0.05, 0.1) is 6.04 Å². The second kappa shape index (κ2) is 6.34. The molecule has 2 nitrogen and oxygen atoms in total. The molecule has 19 heavy (non-hydrogen) atoms. The predicted molar refractivity (Wildman–Crippen MR) is 77.7 cm³/mol. The molecule has 0 saturated heterocycles. The molecule has 3 heteroatoms. The lowest BCUT2D eigenvalue weighted by molar-refractivity contribution is 0.562. The maximum Gasteiger partial charge on any atom is 0.128 e. The van der Waals surface area contributed by atoms with Gasteiger partial charge in [-0.1, -0.05) is 36.4 Å². The van der Waals surface area contributed by atoms with Gasteiger partial charge in [0.25, 0.3) is 0 Å². The van der Waals surface area contributed by atoms with Crippen molar-refractivity contribution in [1.82, 2.24) is 0 Å². The van der Waals surface area contributed by atoms with E-state index in [-0.39, 0.29) is 11.9 Å². The first-order valence-electron chi connectivity index (χ1n) is 6.54. The highest BCUT2D eigenvalue weighted by atomic mass is 19.1. The Bertz CT molecular complexity index is 513. The molecule has 2 N–H and O–H groups in total. The van der Waals surface area contributed by atoms with Crippen molar-refractivity contribution in [1.29, 1.82) is 0 Å². The van der Waals surface area contributed by atoms with Crippen LogP contribution in [0.2, 0.25) is 0 Å². The Hall–Kier alpha value is -1.87. The van der Waals surface area contributed by atoms with Crippen LogP contribution < -0.4 is 10.6 Å². The molecule has 100 valence electrons. The summed E-state index contributed by atoms with van der Waals surface area (Å²) in [5, 5.41) is 0. The minimum Gasteiger partial charge on any atom is -0.363 e. The van der Waals surface area contributed by atoms with Gasteiger partial charge in [0, 0.05) is 24.3 Å². The minimum absolute atomic E-state index is 0.145. The molecule has 0 aromatic heterocycles. The molecule has 2 rings (SSSR count). The van der Waals surface area contributed by atoms with Gasteiger partial charge in [-0.05, 0) is 25.1 Å². The highest BCUT2D eigenvalue weighted by Gasteiger charge is 2.20. The number of nitrogens with zero attached hydrogens (tertiary/aromatic N) is 1. The van der Waals surface area contributed by atoms with Crippen LogP contribution in [0.4, 0.5) is 10.1 Å². The second-order valence-electron chi connectivity index (χ2n) is 4.39. The van der Waals surface area contributed by atoms with Gasteiger partial charge in [-0.2, -0.15) is 0 Å². The Morgan fingerprint density at radius 2 is 1.68 bits per heavy atom. The van der Waals surface area contributed by atoms with E-state index >= 15 is 0 Å². The molecule has 0 radical (unpaired) electrons. The average Bonchev–Trinajstić information content (AvgIpc) is 2.46. The first-order valence-corrected chi connectivity index (χ1v) is 6.54. The Morgan fingerprint density at radius 3 is 2.26 bits per heavy atom. The molecular formula is C16H19FN2. The van der Waals surface area contributed by atoms with Crippen LogP contribution in [0.5, 0.6) is 0 Å². The molecule has 0 spiro atoms. The number of hydrogen-bond donors (Lipinski definition) is 1. The van der Waals surface area contributed by atoms with Crippen LogP contribution in [0, 0.1) is 5.82 Å². The van der Waals surface area contributed by atoms with E-state index in [4.69, 9.17) is 5.73 Å². The number of hydrogen-bond acceptors (Lipinski definition) is 2. The Kier molecular flexibility index (Phi) is 4.53. The summed E-state index contributed by atoms with van der Waals surface area (Å²) >= 11 is 0. The van der Waals surface area contributed by atoms with Crippen molar-refractivity contribution >= 4 is 5.69 Å². The number of benzene rings is 2. The summed E-state index contributed by atoms with van der Waals surface area (Å²) in [6, 6.07) is 16.7. The molecule has 1 atom stereocenters. The molecule has 0 fully saturated rings. The van der Waals surface area contributed by atoms with Crippen LogP contribution >= 0.6 is 0 Å². The number of halogens is 1. The van der Waals surface area contributed by atoms with Gasteiger partial charge in [0.2, 0.25) is 0 Å². The molecule has 0 saturated carbocycles. The molecule has 0 aliphatic heterocycles. The van der Waals surface area contributed by atoms with Gasteiger partial charge >= 0.3 is 0 Å². The maximum atomic E-state index is 14.0. The van der Waals surface area contributed by atoms with E-state index in [9.17, 15) is 4.39 Å². The summed E-state index contributed by atoms with van der Waals surface area (Å²) < 4.78 is 14.0. The molecule has 2 aromatic carbocycles. The van der Waals surface area contributed by atoms with Crippen molar-refractivity contribution in [3.05, 3.63) is 66.0 Å². The summed E-state index contributed by atoms with van der Waals surface area (Å²) in [5.74, 6) is -0.202. The predicted octanol–water partition coefficient (Wildman–Crippen LogP) is 3.35. The highest BCUT2D eigenvalue weighted by Crippen LogP contribution is 2.27. The third-order valence-corrected chi connectivity index (χ3v) is 3.29. The lowest BCUT2D eigenvalue weighted by Gasteiger charge is -2.32. The lowest BCUT2D eigenvalue weighted by atomic mass is 10.0. The van der Waals surface area contributed by atoms with Crippen molar-refractivity contribution in [2.75, 3.05) is 18.0 Å². The molecule has 0 heterocycles. The fourth-order valence-electron chi connectivity index (χ4n) is 2.37. The number of para-hydroxylation sites is 1. The van der Waals surface area contributed by atoms with Crippen LogP contribution in [-0.2, 0) is 0 Å². The zero-order chi connectivity index (χ0) is 13.7. The summed E-state index contributed by atoms with van der Waals surface area (Å²) in [5.41, 5.74) is 7.59. The Balaban J connectivity index is 2.38. The molecule has 2 aromatic rings. The summed E-state index contributed by atoms with van der Waals surface area (Å²) in [4.78, 5) is 2.12. The number of likely N-dealkylation sites (N-methyl/N-ethyl adjacent to an activating group) is 1. The van der Waals surface area contributed by atoms with Crippen LogP contribution in [0.3, 0.4) is 0 Å². The maximum absolute atomic E-state index is 14.0. The van der Waals surface area contributed by atoms with Crippen molar-refractivity contribution in [2.24, 2.45) is 5.73 Å². The van der Waals surface area contributed by atoms with E-state index in [1.54, 1.807) is 12.1 Å². The minimum atomic E-state index is -0.202. The summed E-state index contributed by atoms with van der Waals surface area (Å²) in [7, 11) is 0. The normalized spacial score (nSPS) is 12.2. The van der Waals surface area contributed by atoms with Crippen LogP contribution in [0.15, 0.2) is 54.6 Å². The highest BCUT2D eigenvalue weighted by molar-refractivity contribution is 5.49. The fourth-order valence-corrected chi connectivity index (χ4v) is 2.37. The van der Waals surface area contributed by atoms with E-state index in [1.807, 2.05) is 36.4 Å². The second-order valence-corrected chi connectivity index (χ2v) is 4.39. The van der Waals surface area contributed by atoms with Crippen LogP contribution in [0.25, 0.3) is 0 Å². The van der Waals surface area contributed by atoms with Crippen molar-refractivity contribution in [3.63, 3.8) is 0 Å². The zero-order valence-electron chi connectivity index (χ0n) is 11.1. The molecule has 0 amide bonds. The van der Waals surface area contributed by atoms with E-state index in [2.05, 4.69) is 11.8 Å². The smallest absolute Gasteiger partial charge is 0.128 e. The SMILES string of the molecule is CCN(c1ccccc1)C(CN)c1ccccc1F. The third kappa shape index (κ3) is 2.93. The zero-order valence-corrected chi connectivity index (χ0v) is 11.1.